The Morgan fingerprint density at radius 3 is 2.69 bits per heavy atom. The van der Waals surface area contributed by atoms with E-state index in [2.05, 4.69) is 22.2 Å². The van der Waals surface area contributed by atoms with Gasteiger partial charge in [0, 0.05) is 11.9 Å². The molecule has 1 aromatic heterocycles. The molecule has 2 heterocycles. The number of aryl methyl sites for hydroxylation is 1. The fraction of sp³-hybridized carbons (Fsp3) is 0.500. The molecule has 0 bridgehead atoms. The van der Waals surface area contributed by atoms with Gasteiger partial charge in [0.2, 0.25) is 0 Å². The maximum atomic E-state index is 11.8. The summed E-state index contributed by atoms with van der Waals surface area (Å²) >= 11 is 1.64. The molecule has 1 aliphatic rings. The Labute approximate surface area is 159 Å². The molecular formula is C20H26N2O3S. The highest BCUT2D eigenvalue weighted by Gasteiger charge is 2.26. The van der Waals surface area contributed by atoms with Crippen molar-refractivity contribution in [3.63, 3.8) is 0 Å². The van der Waals surface area contributed by atoms with Gasteiger partial charge in [0.1, 0.15) is 17.4 Å². The van der Waals surface area contributed by atoms with E-state index in [9.17, 15) is 4.79 Å². The lowest BCUT2D eigenvalue weighted by Gasteiger charge is -2.30. The quantitative estimate of drug-likeness (QED) is 0.690. The second-order valence-corrected chi connectivity index (χ2v) is 7.58. The van der Waals surface area contributed by atoms with Gasteiger partial charge in [-0.15, -0.1) is 11.3 Å². The highest BCUT2D eigenvalue weighted by Crippen LogP contribution is 2.21. The van der Waals surface area contributed by atoms with Gasteiger partial charge in [0.05, 0.1) is 18.2 Å². The predicted molar refractivity (Wildman–Crippen MR) is 102 cm³/mol. The standard InChI is InChI=1S/C20H26N2O3S/c1-3-24-20(23)16-8-10-22(11-9-16)12-17-14-26-19(21-17)13-25-18-6-4-15(2)5-7-18/h4-7,14,16H,3,8-13H2,1-2H3. The summed E-state index contributed by atoms with van der Waals surface area (Å²) < 4.78 is 10.9. The number of likely N-dealkylation sites (tertiary alicyclic amines) is 1. The first kappa shape index (κ1) is 18.9. The van der Waals surface area contributed by atoms with Crippen molar-refractivity contribution >= 4 is 17.3 Å². The van der Waals surface area contributed by atoms with Crippen LogP contribution in [-0.2, 0) is 22.7 Å². The van der Waals surface area contributed by atoms with Gasteiger partial charge in [0.25, 0.3) is 0 Å². The number of benzene rings is 1. The minimum absolute atomic E-state index is 0.0450. The Balaban J connectivity index is 1.44. The van der Waals surface area contributed by atoms with Crippen LogP contribution in [0.3, 0.4) is 0 Å². The van der Waals surface area contributed by atoms with E-state index >= 15 is 0 Å². The zero-order chi connectivity index (χ0) is 18.4. The molecule has 1 fully saturated rings. The van der Waals surface area contributed by atoms with Crippen LogP contribution in [0.25, 0.3) is 0 Å². The summed E-state index contributed by atoms with van der Waals surface area (Å²) in [5.41, 5.74) is 2.30. The molecule has 0 amide bonds. The van der Waals surface area contributed by atoms with Crippen molar-refractivity contribution < 1.29 is 14.3 Å². The molecule has 0 unspecified atom stereocenters. The van der Waals surface area contributed by atoms with Crippen LogP contribution in [0.2, 0.25) is 0 Å². The van der Waals surface area contributed by atoms with Gasteiger partial charge in [-0.05, 0) is 51.9 Å². The van der Waals surface area contributed by atoms with E-state index in [4.69, 9.17) is 9.47 Å². The number of nitrogens with zero attached hydrogens (tertiary/aromatic N) is 2. The third-order valence-corrected chi connectivity index (χ3v) is 5.45. The third kappa shape index (κ3) is 5.29. The molecule has 1 saturated heterocycles. The Morgan fingerprint density at radius 2 is 2.00 bits per heavy atom. The summed E-state index contributed by atoms with van der Waals surface area (Å²) in [6.07, 6.45) is 1.73. The Bertz CT molecular complexity index is 706. The summed E-state index contributed by atoms with van der Waals surface area (Å²) in [5, 5.41) is 3.09. The summed E-state index contributed by atoms with van der Waals surface area (Å²) in [6, 6.07) is 8.06. The molecule has 0 saturated carbocycles. The van der Waals surface area contributed by atoms with Gasteiger partial charge < -0.3 is 9.47 Å². The number of hydrogen-bond donors (Lipinski definition) is 0. The van der Waals surface area contributed by atoms with Crippen LogP contribution in [0.4, 0.5) is 0 Å². The van der Waals surface area contributed by atoms with Crippen LogP contribution >= 0.6 is 11.3 Å². The minimum Gasteiger partial charge on any atom is -0.486 e. The lowest BCUT2D eigenvalue weighted by Crippen LogP contribution is -2.36. The molecule has 0 spiro atoms. The van der Waals surface area contributed by atoms with Crippen molar-refractivity contribution in [2.45, 2.75) is 39.8 Å². The zero-order valence-electron chi connectivity index (χ0n) is 15.4. The van der Waals surface area contributed by atoms with Gasteiger partial charge in [-0.25, -0.2) is 4.98 Å². The van der Waals surface area contributed by atoms with Gasteiger partial charge in [-0.1, -0.05) is 17.7 Å². The Morgan fingerprint density at radius 1 is 1.27 bits per heavy atom. The molecule has 1 aromatic carbocycles. The SMILES string of the molecule is CCOC(=O)C1CCN(Cc2csc(COc3ccc(C)cc3)n2)CC1. The van der Waals surface area contributed by atoms with Crippen LogP contribution in [0.15, 0.2) is 29.6 Å². The van der Waals surface area contributed by atoms with Gasteiger partial charge in [-0.3, -0.25) is 9.69 Å². The van der Waals surface area contributed by atoms with Gasteiger partial charge in [0.15, 0.2) is 0 Å². The van der Waals surface area contributed by atoms with Crippen molar-refractivity contribution in [3.8, 4) is 5.75 Å². The maximum Gasteiger partial charge on any atom is 0.309 e. The second-order valence-electron chi connectivity index (χ2n) is 6.64. The largest absolute Gasteiger partial charge is 0.486 e. The number of carbonyl (C=O) groups is 1. The molecule has 1 aliphatic heterocycles. The van der Waals surface area contributed by atoms with Crippen molar-refractivity contribution in [2.75, 3.05) is 19.7 Å². The molecule has 0 aliphatic carbocycles. The smallest absolute Gasteiger partial charge is 0.309 e. The number of ether oxygens (including phenoxy) is 2. The molecule has 0 radical (unpaired) electrons. The zero-order valence-corrected chi connectivity index (χ0v) is 16.3. The van der Waals surface area contributed by atoms with Crippen LogP contribution < -0.4 is 4.74 Å². The van der Waals surface area contributed by atoms with Crippen LogP contribution in [-0.4, -0.2) is 35.5 Å². The molecule has 3 rings (SSSR count). The number of thiazole rings is 1. The normalized spacial score (nSPS) is 15.8. The van der Waals surface area contributed by atoms with Crippen LogP contribution in [0.1, 0.15) is 36.0 Å². The highest BCUT2D eigenvalue weighted by atomic mass is 32.1. The third-order valence-electron chi connectivity index (χ3n) is 4.58. The maximum absolute atomic E-state index is 11.8. The average molecular weight is 375 g/mol. The number of hydrogen-bond acceptors (Lipinski definition) is 6. The molecule has 6 heteroatoms. The second kappa shape index (κ2) is 9.14. The number of piperidine rings is 1. The fourth-order valence-electron chi connectivity index (χ4n) is 3.08. The molecule has 2 aromatic rings. The molecule has 0 atom stereocenters. The average Bonchev–Trinajstić information content (AvgIpc) is 3.09. The Kier molecular flexibility index (Phi) is 6.63. The number of esters is 1. The monoisotopic (exact) mass is 374 g/mol. The summed E-state index contributed by atoms with van der Waals surface area (Å²) in [6.45, 7) is 7.54. The van der Waals surface area contributed by atoms with Crippen molar-refractivity contribution in [2.24, 2.45) is 5.92 Å². The highest BCUT2D eigenvalue weighted by molar-refractivity contribution is 7.09. The number of rotatable bonds is 7. The Hall–Kier alpha value is -1.92. The molecule has 140 valence electrons. The number of aromatic nitrogens is 1. The van der Waals surface area contributed by atoms with E-state index in [-0.39, 0.29) is 11.9 Å². The molecular weight excluding hydrogens is 348 g/mol. The summed E-state index contributed by atoms with van der Waals surface area (Å²) in [4.78, 5) is 18.8. The molecule has 5 nitrogen and oxygen atoms in total. The molecule has 26 heavy (non-hydrogen) atoms. The first-order valence-electron chi connectivity index (χ1n) is 9.15. The molecule has 0 N–H and O–H groups in total. The summed E-state index contributed by atoms with van der Waals surface area (Å²) in [7, 11) is 0. The first-order valence-corrected chi connectivity index (χ1v) is 10.0. The van der Waals surface area contributed by atoms with Crippen LogP contribution in [0.5, 0.6) is 5.75 Å². The number of carbonyl (C=O) groups excluding carboxylic acids is 1. The van der Waals surface area contributed by atoms with Crippen molar-refractivity contribution in [1.82, 2.24) is 9.88 Å². The van der Waals surface area contributed by atoms with Crippen LogP contribution in [0, 0.1) is 12.8 Å². The fourth-order valence-corrected chi connectivity index (χ4v) is 3.78. The van der Waals surface area contributed by atoms with E-state index < -0.39 is 0 Å². The first-order chi connectivity index (χ1) is 12.6. The van der Waals surface area contributed by atoms with E-state index in [1.807, 2.05) is 31.2 Å². The topological polar surface area (TPSA) is 51.7 Å². The summed E-state index contributed by atoms with van der Waals surface area (Å²) in [5.74, 6) is 0.879. The lowest BCUT2D eigenvalue weighted by molar-refractivity contribution is -0.149. The lowest BCUT2D eigenvalue weighted by atomic mass is 9.97. The predicted octanol–water partition coefficient (Wildman–Crippen LogP) is 3.81. The van der Waals surface area contributed by atoms with E-state index in [1.165, 1.54) is 5.56 Å². The van der Waals surface area contributed by atoms with E-state index in [0.717, 1.165) is 48.9 Å². The van der Waals surface area contributed by atoms with E-state index in [0.29, 0.717) is 13.2 Å². The van der Waals surface area contributed by atoms with Crippen molar-refractivity contribution in [1.29, 1.82) is 0 Å². The van der Waals surface area contributed by atoms with Gasteiger partial charge in [-0.2, -0.15) is 0 Å². The van der Waals surface area contributed by atoms with Crippen molar-refractivity contribution in [3.05, 3.63) is 45.9 Å². The van der Waals surface area contributed by atoms with Gasteiger partial charge >= 0.3 is 5.97 Å². The minimum atomic E-state index is -0.0450. The van der Waals surface area contributed by atoms with E-state index in [1.54, 1.807) is 11.3 Å².